The van der Waals surface area contributed by atoms with E-state index in [0.29, 0.717) is 6.54 Å². The predicted octanol–water partition coefficient (Wildman–Crippen LogP) is 1.55. The Bertz CT molecular complexity index is 484. The maximum atomic E-state index is 12.2. The number of amides is 1. The van der Waals surface area contributed by atoms with Gasteiger partial charge in [-0.1, -0.05) is 13.8 Å². The van der Waals surface area contributed by atoms with Crippen molar-refractivity contribution in [1.29, 1.82) is 0 Å². The molecule has 7 nitrogen and oxygen atoms in total. The summed E-state index contributed by atoms with van der Waals surface area (Å²) in [6, 6.07) is 1.07. The molecule has 7 heteroatoms. The Morgan fingerprint density at radius 1 is 1.55 bits per heavy atom. The number of aliphatic hydroxyl groups is 1. The third-order valence-corrected chi connectivity index (χ3v) is 3.29. The number of hydrogen-bond acceptors (Lipinski definition) is 4. The van der Waals surface area contributed by atoms with Crippen molar-refractivity contribution in [3.05, 3.63) is 28.1 Å². The molecule has 2 atom stereocenters. The number of nitrogens with zero attached hydrogens (tertiary/aromatic N) is 2. The first kappa shape index (κ1) is 16.2. The Balaban J connectivity index is 2.93. The van der Waals surface area contributed by atoms with Gasteiger partial charge in [0.05, 0.1) is 11.1 Å². The monoisotopic (exact) mass is 283 g/mol. The van der Waals surface area contributed by atoms with E-state index in [-0.39, 0.29) is 35.9 Å². The van der Waals surface area contributed by atoms with E-state index in [9.17, 15) is 14.9 Å². The number of carbonyl (C=O) groups is 1. The number of aliphatic hydroxyl groups excluding tert-OH is 1. The molecule has 2 N–H and O–H groups in total. The van der Waals surface area contributed by atoms with Crippen molar-refractivity contribution >= 4 is 11.6 Å². The Labute approximate surface area is 117 Å². The Morgan fingerprint density at radius 3 is 2.70 bits per heavy atom. The largest absolute Gasteiger partial charge is 0.396 e. The molecule has 0 spiro atoms. The molecule has 0 fully saturated rings. The zero-order chi connectivity index (χ0) is 15.3. The smallest absolute Gasteiger partial charge is 0.287 e. The molecule has 1 aromatic rings. The summed E-state index contributed by atoms with van der Waals surface area (Å²) in [7, 11) is 0. The molecule has 1 aromatic heterocycles. The number of hydrogen-bond donors (Lipinski definition) is 2. The van der Waals surface area contributed by atoms with Gasteiger partial charge in [-0.15, -0.1) is 0 Å². The van der Waals surface area contributed by atoms with Crippen molar-refractivity contribution in [3.63, 3.8) is 0 Å². The minimum absolute atomic E-state index is 0.0302. The van der Waals surface area contributed by atoms with Crippen LogP contribution in [0.3, 0.4) is 0 Å². The minimum Gasteiger partial charge on any atom is -0.396 e. The molecule has 0 aliphatic heterocycles. The topological polar surface area (TPSA) is 97.4 Å². The summed E-state index contributed by atoms with van der Waals surface area (Å²) < 4.78 is 1.59. The van der Waals surface area contributed by atoms with E-state index >= 15 is 0 Å². The molecule has 1 amide bonds. The fourth-order valence-electron chi connectivity index (χ4n) is 1.79. The highest BCUT2D eigenvalue weighted by molar-refractivity contribution is 5.93. The summed E-state index contributed by atoms with van der Waals surface area (Å²) in [6.07, 6.45) is 2.15. The van der Waals surface area contributed by atoms with Crippen molar-refractivity contribution in [3.8, 4) is 0 Å². The van der Waals surface area contributed by atoms with Gasteiger partial charge in [0.25, 0.3) is 11.6 Å². The van der Waals surface area contributed by atoms with Gasteiger partial charge in [-0.05, 0) is 19.3 Å². The van der Waals surface area contributed by atoms with Crippen molar-refractivity contribution in [2.75, 3.05) is 6.61 Å². The molecule has 1 rings (SSSR count). The van der Waals surface area contributed by atoms with Gasteiger partial charge in [0.2, 0.25) is 0 Å². The average Bonchev–Trinajstić information content (AvgIpc) is 2.82. The summed E-state index contributed by atoms with van der Waals surface area (Å²) in [5.41, 5.74) is 0.182. The van der Waals surface area contributed by atoms with Gasteiger partial charge in [0.15, 0.2) is 0 Å². The molecule has 1 heterocycles. The van der Waals surface area contributed by atoms with Crippen LogP contribution in [0.5, 0.6) is 0 Å². The molecule has 0 bridgehead atoms. The third-order valence-electron chi connectivity index (χ3n) is 3.29. The minimum atomic E-state index is -0.511. The second kappa shape index (κ2) is 7.04. The van der Waals surface area contributed by atoms with E-state index in [4.69, 9.17) is 5.11 Å². The van der Waals surface area contributed by atoms with Crippen LogP contribution in [0.1, 0.15) is 37.7 Å². The van der Waals surface area contributed by atoms with Crippen LogP contribution in [-0.2, 0) is 6.54 Å². The standard InChI is InChI=1S/C13H21N3O4/c1-4-5-15-7-11(16(19)20)6-12(15)13(18)14-10(3)9(2)8-17/h6-7,9-10,17H,4-5,8H2,1-3H3,(H,14,18). The van der Waals surface area contributed by atoms with E-state index in [0.717, 1.165) is 6.42 Å². The fraction of sp³-hybridized carbons (Fsp3) is 0.615. The maximum absolute atomic E-state index is 12.2. The van der Waals surface area contributed by atoms with Crippen LogP contribution in [0.15, 0.2) is 12.3 Å². The Kier molecular flexibility index (Phi) is 5.69. The fourth-order valence-corrected chi connectivity index (χ4v) is 1.79. The Hall–Kier alpha value is -1.89. The van der Waals surface area contributed by atoms with Gasteiger partial charge in [0.1, 0.15) is 5.69 Å². The third kappa shape index (κ3) is 3.80. The SMILES string of the molecule is CCCn1cc([N+](=O)[O-])cc1C(=O)NC(C)C(C)CO. The molecule has 0 aliphatic rings. The highest BCUT2D eigenvalue weighted by atomic mass is 16.6. The second-order valence-corrected chi connectivity index (χ2v) is 4.96. The normalized spacial score (nSPS) is 13.8. The lowest BCUT2D eigenvalue weighted by Crippen LogP contribution is -2.39. The van der Waals surface area contributed by atoms with Gasteiger partial charge in [-0.3, -0.25) is 14.9 Å². The van der Waals surface area contributed by atoms with Gasteiger partial charge < -0.3 is 15.0 Å². The summed E-state index contributed by atoms with van der Waals surface area (Å²) in [5, 5.41) is 22.6. The molecular weight excluding hydrogens is 262 g/mol. The first-order chi connectivity index (χ1) is 9.40. The molecule has 20 heavy (non-hydrogen) atoms. The lowest BCUT2D eigenvalue weighted by atomic mass is 10.1. The van der Waals surface area contributed by atoms with E-state index in [1.54, 1.807) is 11.5 Å². The number of carbonyl (C=O) groups excluding carboxylic acids is 1. The van der Waals surface area contributed by atoms with Crippen LogP contribution in [0.25, 0.3) is 0 Å². The van der Waals surface area contributed by atoms with Gasteiger partial charge in [-0.25, -0.2) is 0 Å². The van der Waals surface area contributed by atoms with Crippen LogP contribution >= 0.6 is 0 Å². The lowest BCUT2D eigenvalue weighted by molar-refractivity contribution is -0.384. The number of rotatable bonds is 7. The van der Waals surface area contributed by atoms with E-state index in [1.165, 1.54) is 12.3 Å². The number of aryl methyl sites for hydroxylation is 1. The first-order valence-electron chi connectivity index (χ1n) is 6.67. The van der Waals surface area contributed by atoms with Crippen molar-refractivity contribution in [2.45, 2.75) is 39.8 Å². The molecule has 112 valence electrons. The van der Waals surface area contributed by atoms with E-state index < -0.39 is 4.92 Å². The zero-order valence-corrected chi connectivity index (χ0v) is 12.0. The van der Waals surface area contributed by atoms with Gasteiger partial charge in [-0.2, -0.15) is 0 Å². The molecule has 0 aliphatic carbocycles. The quantitative estimate of drug-likeness (QED) is 0.586. The molecule has 0 radical (unpaired) electrons. The van der Waals surface area contributed by atoms with E-state index in [2.05, 4.69) is 5.32 Å². The molecule has 0 saturated carbocycles. The van der Waals surface area contributed by atoms with Crippen molar-refractivity contribution in [1.82, 2.24) is 9.88 Å². The number of nitrogens with one attached hydrogen (secondary N) is 1. The van der Waals surface area contributed by atoms with Crippen LogP contribution < -0.4 is 5.32 Å². The van der Waals surface area contributed by atoms with Crippen LogP contribution in [0.4, 0.5) is 5.69 Å². The van der Waals surface area contributed by atoms with Gasteiger partial charge in [0, 0.05) is 25.3 Å². The predicted molar refractivity (Wildman–Crippen MR) is 74.6 cm³/mol. The lowest BCUT2D eigenvalue weighted by Gasteiger charge is -2.19. The zero-order valence-electron chi connectivity index (χ0n) is 12.0. The Morgan fingerprint density at radius 2 is 2.20 bits per heavy atom. The second-order valence-electron chi connectivity index (χ2n) is 4.96. The van der Waals surface area contributed by atoms with Gasteiger partial charge >= 0.3 is 0 Å². The van der Waals surface area contributed by atoms with E-state index in [1.807, 2.05) is 13.8 Å². The van der Waals surface area contributed by atoms with Crippen LogP contribution in [0.2, 0.25) is 0 Å². The molecule has 0 saturated heterocycles. The molecule has 2 unspecified atom stereocenters. The van der Waals surface area contributed by atoms with Crippen molar-refractivity contribution < 1.29 is 14.8 Å². The first-order valence-corrected chi connectivity index (χ1v) is 6.67. The van der Waals surface area contributed by atoms with Crippen LogP contribution in [-0.4, -0.2) is 33.2 Å². The maximum Gasteiger partial charge on any atom is 0.287 e. The van der Waals surface area contributed by atoms with Crippen molar-refractivity contribution in [2.24, 2.45) is 5.92 Å². The highest BCUT2D eigenvalue weighted by Gasteiger charge is 2.21. The summed E-state index contributed by atoms with van der Waals surface area (Å²) in [6.45, 7) is 6.06. The summed E-state index contributed by atoms with van der Waals surface area (Å²) in [4.78, 5) is 22.5. The summed E-state index contributed by atoms with van der Waals surface area (Å²) >= 11 is 0. The highest BCUT2D eigenvalue weighted by Crippen LogP contribution is 2.17. The number of nitro groups is 1. The average molecular weight is 283 g/mol. The van der Waals surface area contributed by atoms with Crippen LogP contribution in [0, 0.1) is 16.0 Å². The number of aromatic nitrogens is 1. The summed E-state index contributed by atoms with van der Waals surface area (Å²) in [5.74, 6) is -0.442. The molecule has 0 aromatic carbocycles. The molecular formula is C13H21N3O4.